The molecule has 8 rings (SSSR count). The van der Waals surface area contributed by atoms with Crippen LogP contribution in [0.2, 0.25) is 0 Å². The van der Waals surface area contributed by atoms with Crippen molar-refractivity contribution in [1.82, 2.24) is 25.1 Å². The van der Waals surface area contributed by atoms with Crippen molar-refractivity contribution < 1.29 is 42.9 Å². The minimum atomic E-state index is -4.77. The van der Waals surface area contributed by atoms with Crippen LogP contribution >= 0.6 is 18.9 Å². The molecule has 1 saturated carbocycles. The number of nitrogens with one attached hydrogen (secondary N) is 2. The lowest BCUT2D eigenvalue weighted by atomic mass is 9.93. The van der Waals surface area contributed by atoms with E-state index in [1.807, 2.05) is 28.2 Å². The van der Waals surface area contributed by atoms with Crippen molar-refractivity contribution >= 4 is 52.6 Å². The van der Waals surface area contributed by atoms with Crippen LogP contribution in [0.15, 0.2) is 54.6 Å². The van der Waals surface area contributed by atoms with Crippen molar-refractivity contribution in [1.29, 1.82) is 0 Å². The normalized spacial score (nSPS) is 29.0. The molecule has 5 fully saturated rings. The summed E-state index contributed by atoms with van der Waals surface area (Å²) in [6.07, 6.45) is 7.07. The van der Waals surface area contributed by atoms with Gasteiger partial charge in [-0.2, -0.15) is 0 Å². The number of likely N-dealkylation sites (tertiary alicyclic amines) is 1. The van der Waals surface area contributed by atoms with E-state index in [0.717, 1.165) is 63.5 Å². The molecular formula is C41H51FN5O8PS. The van der Waals surface area contributed by atoms with E-state index < -0.39 is 43.4 Å². The molecule has 0 bridgehead atoms. The first-order valence-electron chi connectivity index (χ1n) is 20.0. The van der Waals surface area contributed by atoms with Crippen molar-refractivity contribution in [3.05, 3.63) is 70.6 Å². The maximum absolute atomic E-state index is 15.3. The van der Waals surface area contributed by atoms with Gasteiger partial charge >= 0.3 is 13.5 Å². The molecule has 3 amide bonds. The maximum atomic E-state index is 15.3. The molecule has 1 spiro atoms. The Morgan fingerprint density at radius 3 is 2.53 bits per heavy atom. The SMILES string of the molecule is C[C@H](NP(=O)(O)[C@@H](F)c1ccc2sc(C(=O)N[C@H]3CC[C@H](N(C)C[C@H]4CCO4)C[C@H]4CC[C@@H](C(=O)N5C[C@H](c6ccccc6)CC56CC6)N4C3=O)cc2c1)C(=O)O. The van der Waals surface area contributed by atoms with Gasteiger partial charge in [0.15, 0.2) is 0 Å². The molecule has 5 aliphatic rings. The number of fused-ring (bicyclic) bond motifs is 2. The van der Waals surface area contributed by atoms with Crippen molar-refractivity contribution in [2.75, 3.05) is 26.7 Å². The summed E-state index contributed by atoms with van der Waals surface area (Å²) in [6, 6.07) is 13.2. The Morgan fingerprint density at radius 1 is 1.09 bits per heavy atom. The van der Waals surface area contributed by atoms with E-state index in [2.05, 4.69) is 34.3 Å². The van der Waals surface area contributed by atoms with Gasteiger partial charge in [0.2, 0.25) is 17.7 Å². The highest BCUT2D eigenvalue weighted by Crippen LogP contribution is 2.55. The number of carbonyl (C=O) groups excluding carboxylic acids is 3. The number of alkyl halides is 1. The maximum Gasteiger partial charge on any atom is 0.320 e. The quantitative estimate of drug-likeness (QED) is 0.174. The smallest absolute Gasteiger partial charge is 0.320 e. The standard InChI is InChI=1S/C41H51FN5O8PS/c1-24(40(51)52)44-56(53,54)36(42)26-8-13-34-27(18-26)19-35(57-34)37(48)43-32-11-9-29(45(2)23-31-14-17-55-31)20-30-10-12-33(47(30)38(32)49)39(50)46-22-28(21-41(46)15-16-41)25-6-4-3-5-7-25/h3-8,13,18-19,24,28-33,36H,9-12,14-17,20-23H2,1-2H3,(H,43,48)(H,51,52)(H2,44,53,54)/t24-,28+,29-,30+,31+,32-,33-,36+/m0/s1. The number of hydrogen-bond donors (Lipinski definition) is 4. The summed E-state index contributed by atoms with van der Waals surface area (Å²) in [5.74, 6) is -4.28. The minimum Gasteiger partial charge on any atom is -0.480 e. The summed E-state index contributed by atoms with van der Waals surface area (Å²) in [5.41, 5.74) is 0.927. The molecule has 0 radical (unpaired) electrons. The molecule has 4 aliphatic heterocycles. The molecule has 57 heavy (non-hydrogen) atoms. The Balaban J connectivity index is 1.02. The number of carbonyl (C=O) groups is 4. The molecule has 1 aromatic heterocycles. The molecule has 2 aromatic carbocycles. The van der Waals surface area contributed by atoms with Gasteiger partial charge in [-0.25, -0.2) is 9.48 Å². The molecule has 5 heterocycles. The first kappa shape index (κ1) is 40.1. The fourth-order valence-electron chi connectivity index (χ4n) is 9.49. The zero-order chi connectivity index (χ0) is 40.2. The van der Waals surface area contributed by atoms with Crippen molar-refractivity contribution in [2.24, 2.45) is 0 Å². The second-order valence-electron chi connectivity index (χ2n) is 16.7. The molecule has 4 N–H and O–H groups in total. The number of thiophene rings is 1. The molecule has 13 nitrogen and oxygen atoms in total. The fourth-order valence-corrected chi connectivity index (χ4v) is 11.8. The molecule has 306 valence electrons. The average molecular weight is 824 g/mol. The van der Waals surface area contributed by atoms with Crippen LogP contribution in [-0.2, 0) is 23.7 Å². The molecule has 3 aromatic rings. The van der Waals surface area contributed by atoms with Gasteiger partial charge in [0.05, 0.1) is 11.0 Å². The zero-order valence-corrected chi connectivity index (χ0v) is 33.9. The molecule has 1 unspecified atom stereocenters. The number of amides is 3. The first-order chi connectivity index (χ1) is 27.2. The van der Waals surface area contributed by atoms with E-state index >= 15 is 4.39 Å². The second-order valence-corrected chi connectivity index (χ2v) is 19.8. The van der Waals surface area contributed by atoms with Gasteiger partial charge in [-0.3, -0.25) is 23.7 Å². The number of ether oxygens (including phenoxy) is 1. The van der Waals surface area contributed by atoms with Crippen molar-refractivity contribution in [3.63, 3.8) is 0 Å². The topological polar surface area (TPSA) is 169 Å². The van der Waals surface area contributed by atoms with Crippen LogP contribution in [0.1, 0.15) is 97.3 Å². The lowest BCUT2D eigenvalue weighted by Crippen LogP contribution is -2.59. The Morgan fingerprint density at radius 2 is 1.84 bits per heavy atom. The Bertz CT molecular complexity index is 2080. The van der Waals surface area contributed by atoms with Crippen molar-refractivity contribution in [2.45, 2.75) is 118 Å². The largest absolute Gasteiger partial charge is 0.480 e. The van der Waals surface area contributed by atoms with E-state index in [1.54, 1.807) is 12.1 Å². The second kappa shape index (κ2) is 15.8. The number of aliphatic carboxylic acids is 1. The predicted molar refractivity (Wildman–Crippen MR) is 213 cm³/mol. The van der Waals surface area contributed by atoms with Gasteiger partial charge in [0.1, 0.15) is 18.1 Å². The van der Waals surface area contributed by atoms with E-state index in [9.17, 15) is 28.6 Å². The third kappa shape index (κ3) is 8.03. The van der Waals surface area contributed by atoms with Gasteiger partial charge in [-0.05, 0) is 106 Å². The summed E-state index contributed by atoms with van der Waals surface area (Å²) in [4.78, 5) is 71.4. The third-order valence-corrected chi connectivity index (χ3v) is 15.7. The first-order valence-corrected chi connectivity index (χ1v) is 22.6. The van der Waals surface area contributed by atoms with Gasteiger partial charge < -0.3 is 34.8 Å². The van der Waals surface area contributed by atoms with Crippen LogP contribution in [-0.4, -0.2) is 117 Å². The van der Waals surface area contributed by atoms with Crippen LogP contribution in [0.4, 0.5) is 4.39 Å². The monoisotopic (exact) mass is 823 g/mol. The van der Waals surface area contributed by atoms with Crippen molar-refractivity contribution in [3.8, 4) is 0 Å². The van der Waals surface area contributed by atoms with Crippen LogP contribution < -0.4 is 10.4 Å². The Kier molecular flexibility index (Phi) is 11.1. The number of halogens is 1. The van der Waals surface area contributed by atoms with Crippen LogP contribution in [0.5, 0.6) is 0 Å². The fraction of sp³-hybridized carbons (Fsp3) is 0.561. The van der Waals surface area contributed by atoms with Gasteiger partial charge in [-0.15, -0.1) is 11.3 Å². The van der Waals surface area contributed by atoms with Gasteiger partial charge in [-0.1, -0.05) is 36.4 Å². The van der Waals surface area contributed by atoms with Gasteiger partial charge in [0, 0.05) is 47.9 Å². The van der Waals surface area contributed by atoms with Crippen LogP contribution in [0.3, 0.4) is 0 Å². The van der Waals surface area contributed by atoms with E-state index in [0.29, 0.717) is 42.3 Å². The summed E-state index contributed by atoms with van der Waals surface area (Å²) >= 11 is 1.15. The average Bonchev–Trinajstić information content (AvgIpc) is 3.46. The third-order valence-electron chi connectivity index (χ3n) is 12.9. The number of nitrogens with zero attached hydrogens (tertiary/aromatic N) is 3. The molecule has 4 saturated heterocycles. The van der Waals surface area contributed by atoms with E-state index in [-0.39, 0.29) is 51.9 Å². The van der Waals surface area contributed by atoms with Crippen LogP contribution in [0.25, 0.3) is 10.1 Å². The minimum absolute atomic E-state index is 0.00623. The lowest BCUT2D eigenvalue weighted by Gasteiger charge is -2.42. The van der Waals surface area contributed by atoms with E-state index in [1.165, 1.54) is 17.7 Å². The van der Waals surface area contributed by atoms with Gasteiger partial charge in [0.25, 0.3) is 5.91 Å². The van der Waals surface area contributed by atoms with E-state index in [4.69, 9.17) is 9.84 Å². The number of likely N-dealkylation sites (N-methyl/N-ethyl adjacent to an activating group) is 1. The molecule has 1 aliphatic carbocycles. The lowest BCUT2D eigenvalue weighted by molar-refractivity contribution is -0.148. The zero-order valence-electron chi connectivity index (χ0n) is 32.2. The highest BCUT2D eigenvalue weighted by atomic mass is 32.1. The molecular weight excluding hydrogens is 773 g/mol. The summed E-state index contributed by atoms with van der Waals surface area (Å²) in [6.45, 7) is 3.30. The Labute approximate surface area is 335 Å². The summed E-state index contributed by atoms with van der Waals surface area (Å²) in [5, 5.41) is 14.6. The Hall–Kier alpha value is -3.72. The molecule has 9 atom stereocenters. The number of rotatable bonds is 12. The number of benzene rings is 2. The predicted octanol–water partition coefficient (Wildman–Crippen LogP) is 5.40. The highest BCUT2D eigenvalue weighted by molar-refractivity contribution is 7.56. The molecule has 16 heteroatoms. The van der Waals surface area contributed by atoms with Crippen LogP contribution in [0, 0.1) is 0 Å². The summed E-state index contributed by atoms with van der Waals surface area (Å²) < 4.78 is 34.4. The highest BCUT2D eigenvalue weighted by Gasteiger charge is 2.58. The summed E-state index contributed by atoms with van der Waals surface area (Å²) in [7, 11) is -2.68. The number of carboxylic acid groups (broad SMARTS) is 1. The number of carboxylic acids is 1. The number of hydrogen-bond acceptors (Lipinski definition) is 8.